The SMILES string of the molecule is CC(C)Oc1ccc(-c2ncc(-c3cccc4c3CCC4NS(=O)(=O)Cc3ccccc3)s2)cc1C#N. The van der Waals surface area contributed by atoms with Gasteiger partial charge in [-0.2, -0.15) is 5.26 Å². The van der Waals surface area contributed by atoms with Gasteiger partial charge in [0.25, 0.3) is 0 Å². The van der Waals surface area contributed by atoms with E-state index < -0.39 is 10.0 Å². The normalized spacial score (nSPS) is 14.9. The quantitative estimate of drug-likeness (QED) is 0.292. The van der Waals surface area contributed by atoms with E-state index in [-0.39, 0.29) is 17.9 Å². The fraction of sp³-hybridized carbons (Fsp3) is 0.241. The monoisotopic (exact) mass is 529 g/mol. The Balaban J connectivity index is 1.38. The van der Waals surface area contributed by atoms with E-state index in [9.17, 15) is 13.7 Å². The van der Waals surface area contributed by atoms with E-state index in [1.54, 1.807) is 11.3 Å². The molecule has 0 saturated heterocycles. The molecule has 0 spiro atoms. The first-order valence-corrected chi connectivity index (χ1v) is 14.6. The average Bonchev–Trinajstić information content (AvgIpc) is 3.52. The summed E-state index contributed by atoms with van der Waals surface area (Å²) in [5.74, 6) is 0.531. The highest BCUT2D eigenvalue weighted by Gasteiger charge is 2.29. The molecule has 3 aromatic carbocycles. The molecule has 1 aliphatic rings. The summed E-state index contributed by atoms with van der Waals surface area (Å²) in [6.07, 6.45) is 3.34. The van der Waals surface area contributed by atoms with Gasteiger partial charge in [-0.15, -0.1) is 11.3 Å². The van der Waals surface area contributed by atoms with Crippen LogP contribution in [0.5, 0.6) is 5.75 Å². The summed E-state index contributed by atoms with van der Waals surface area (Å²) in [7, 11) is -3.48. The smallest absolute Gasteiger partial charge is 0.216 e. The van der Waals surface area contributed by atoms with Gasteiger partial charge in [0.1, 0.15) is 16.8 Å². The predicted octanol–water partition coefficient (Wildman–Crippen LogP) is 6.24. The summed E-state index contributed by atoms with van der Waals surface area (Å²) >= 11 is 1.56. The lowest BCUT2D eigenvalue weighted by Crippen LogP contribution is -2.28. The zero-order chi connectivity index (χ0) is 26.0. The number of nitriles is 1. The Labute approximate surface area is 221 Å². The zero-order valence-electron chi connectivity index (χ0n) is 20.6. The van der Waals surface area contributed by atoms with E-state index in [0.29, 0.717) is 11.3 Å². The molecule has 0 aliphatic heterocycles. The maximum Gasteiger partial charge on any atom is 0.216 e. The first-order valence-electron chi connectivity index (χ1n) is 12.2. The van der Waals surface area contributed by atoms with Crippen LogP contribution in [0.25, 0.3) is 21.0 Å². The van der Waals surface area contributed by atoms with Crippen molar-refractivity contribution in [1.82, 2.24) is 9.71 Å². The molecule has 6 nitrogen and oxygen atoms in total. The summed E-state index contributed by atoms with van der Waals surface area (Å²) in [4.78, 5) is 5.65. The number of hydrogen-bond acceptors (Lipinski definition) is 6. The van der Waals surface area contributed by atoms with Crippen LogP contribution in [0, 0.1) is 11.3 Å². The lowest BCUT2D eigenvalue weighted by molar-refractivity contribution is 0.242. The van der Waals surface area contributed by atoms with E-state index in [4.69, 9.17) is 4.74 Å². The number of hydrogen-bond donors (Lipinski definition) is 1. The van der Waals surface area contributed by atoms with Crippen LogP contribution in [0.2, 0.25) is 0 Å². The number of ether oxygens (including phenoxy) is 1. The largest absolute Gasteiger partial charge is 0.490 e. The maximum atomic E-state index is 12.9. The van der Waals surface area contributed by atoms with E-state index >= 15 is 0 Å². The van der Waals surface area contributed by atoms with Gasteiger partial charge in [0.05, 0.1) is 22.3 Å². The number of rotatable bonds is 8. The van der Waals surface area contributed by atoms with Crippen molar-refractivity contribution in [3.05, 3.63) is 95.2 Å². The Bertz CT molecular complexity index is 1570. The number of fused-ring (bicyclic) bond motifs is 1. The third-order valence-corrected chi connectivity index (χ3v) is 8.71. The van der Waals surface area contributed by atoms with Crippen LogP contribution in [0.3, 0.4) is 0 Å². The number of aromatic nitrogens is 1. The second kappa shape index (κ2) is 10.5. The number of nitrogens with zero attached hydrogens (tertiary/aromatic N) is 2. The lowest BCUT2D eigenvalue weighted by atomic mass is 10.0. The molecule has 0 fully saturated rings. The van der Waals surface area contributed by atoms with Gasteiger partial charge in [-0.05, 0) is 67.1 Å². The molecular weight excluding hydrogens is 502 g/mol. The second-order valence-corrected chi connectivity index (χ2v) is 12.1. The zero-order valence-corrected chi connectivity index (χ0v) is 22.3. The van der Waals surface area contributed by atoms with Crippen molar-refractivity contribution in [3.63, 3.8) is 0 Å². The van der Waals surface area contributed by atoms with Gasteiger partial charge < -0.3 is 4.74 Å². The van der Waals surface area contributed by atoms with E-state index in [1.165, 1.54) is 0 Å². The fourth-order valence-corrected chi connectivity index (χ4v) is 7.06. The highest BCUT2D eigenvalue weighted by Crippen LogP contribution is 2.41. The van der Waals surface area contributed by atoms with Crippen LogP contribution in [0.1, 0.15) is 48.6 Å². The molecule has 1 aromatic heterocycles. The van der Waals surface area contributed by atoms with Crippen LogP contribution in [0.15, 0.2) is 72.9 Å². The molecule has 0 amide bonds. The van der Waals surface area contributed by atoms with Gasteiger partial charge in [-0.3, -0.25) is 0 Å². The molecular formula is C29H27N3O3S2. The second-order valence-electron chi connectivity index (χ2n) is 9.35. The molecule has 1 N–H and O–H groups in total. The Hall–Kier alpha value is -3.51. The predicted molar refractivity (Wildman–Crippen MR) is 147 cm³/mol. The standard InChI is InChI=1S/C29H27N3O3S2/c1-19(2)35-27-14-11-21(15-22(27)16-30)29-31-17-28(36-29)25-10-6-9-24-23(25)12-13-26(24)32-37(33,34)18-20-7-4-3-5-8-20/h3-11,14-15,17,19,26,32H,12-13,18H2,1-2H3. The van der Waals surface area contributed by atoms with Crippen molar-refractivity contribution in [1.29, 1.82) is 5.26 Å². The lowest BCUT2D eigenvalue weighted by Gasteiger charge is -2.15. The molecule has 8 heteroatoms. The van der Waals surface area contributed by atoms with Crippen LogP contribution in [0.4, 0.5) is 0 Å². The Kier molecular flexibility index (Phi) is 7.11. The van der Waals surface area contributed by atoms with Gasteiger partial charge in [0, 0.05) is 17.8 Å². The minimum atomic E-state index is -3.48. The van der Waals surface area contributed by atoms with E-state index in [0.717, 1.165) is 50.5 Å². The molecule has 0 saturated carbocycles. The van der Waals surface area contributed by atoms with Crippen molar-refractivity contribution in [3.8, 4) is 32.8 Å². The van der Waals surface area contributed by atoms with Crippen LogP contribution in [-0.4, -0.2) is 19.5 Å². The molecule has 1 unspecified atom stereocenters. The van der Waals surface area contributed by atoms with E-state index in [1.807, 2.05) is 80.7 Å². The Morgan fingerprint density at radius 1 is 1.14 bits per heavy atom. The van der Waals surface area contributed by atoms with Crippen molar-refractivity contribution in [2.24, 2.45) is 0 Å². The van der Waals surface area contributed by atoms with Crippen LogP contribution < -0.4 is 9.46 Å². The van der Waals surface area contributed by atoms with Gasteiger partial charge in [0.2, 0.25) is 10.0 Å². The van der Waals surface area contributed by atoms with Crippen molar-refractivity contribution in [2.75, 3.05) is 0 Å². The topological polar surface area (TPSA) is 92.1 Å². The summed E-state index contributed by atoms with van der Waals surface area (Å²) in [5.41, 5.74) is 5.36. The van der Waals surface area contributed by atoms with Crippen LogP contribution >= 0.6 is 11.3 Å². The molecule has 4 aromatic rings. The number of nitrogens with one attached hydrogen (secondary N) is 1. The summed E-state index contributed by atoms with van der Waals surface area (Å²) in [6.45, 7) is 3.86. The molecule has 1 heterocycles. The van der Waals surface area contributed by atoms with Crippen molar-refractivity contribution < 1.29 is 13.2 Å². The molecule has 0 radical (unpaired) electrons. The van der Waals surface area contributed by atoms with Crippen molar-refractivity contribution >= 4 is 21.4 Å². The number of sulfonamides is 1. The molecule has 1 aliphatic carbocycles. The minimum Gasteiger partial charge on any atom is -0.490 e. The number of benzene rings is 3. The Morgan fingerprint density at radius 2 is 1.95 bits per heavy atom. The van der Waals surface area contributed by atoms with Gasteiger partial charge in [-0.1, -0.05) is 48.5 Å². The third-order valence-electron chi connectivity index (χ3n) is 6.27. The van der Waals surface area contributed by atoms with Crippen molar-refractivity contribution in [2.45, 2.75) is 44.6 Å². The summed E-state index contributed by atoms with van der Waals surface area (Å²) in [5, 5.41) is 10.4. The molecule has 1 atom stereocenters. The number of thiazole rings is 1. The first kappa shape index (κ1) is 25.2. The molecule has 0 bridgehead atoms. The van der Waals surface area contributed by atoms with E-state index in [2.05, 4.69) is 21.8 Å². The van der Waals surface area contributed by atoms with Gasteiger partial charge in [0.15, 0.2) is 0 Å². The average molecular weight is 530 g/mol. The molecule has 5 rings (SSSR count). The molecule has 188 valence electrons. The minimum absolute atomic E-state index is 0.0174. The maximum absolute atomic E-state index is 12.9. The Morgan fingerprint density at radius 3 is 2.70 bits per heavy atom. The summed E-state index contributed by atoms with van der Waals surface area (Å²) in [6, 6.07) is 22.8. The van der Waals surface area contributed by atoms with Crippen LogP contribution in [-0.2, 0) is 22.2 Å². The first-order chi connectivity index (χ1) is 17.8. The summed E-state index contributed by atoms with van der Waals surface area (Å²) < 4.78 is 34.4. The third kappa shape index (κ3) is 5.59. The van der Waals surface area contributed by atoms with Gasteiger partial charge >= 0.3 is 0 Å². The highest BCUT2D eigenvalue weighted by atomic mass is 32.2. The molecule has 37 heavy (non-hydrogen) atoms. The highest BCUT2D eigenvalue weighted by molar-refractivity contribution is 7.88. The fourth-order valence-electron chi connectivity index (χ4n) is 4.70. The van der Waals surface area contributed by atoms with Gasteiger partial charge in [-0.25, -0.2) is 18.1 Å².